The van der Waals surface area contributed by atoms with Crippen molar-refractivity contribution < 1.29 is 29.1 Å². The highest BCUT2D eigenvalue weighted by Gasteiger charge is 2.29. The summed E-state index contributed by atoms with van der Waals surface area (Å²) in [7, 11) is 0. The summed E-state index contributed by atoms with van der Waals surface area (Å²) >= 11 is 0. The third kappa shape index (κ3) is 3.69. The van der Waals surface area contributed by atoms with E-state index in [0.717, 1.165) is 5.56 Å². The average molecular weight is 294 g/mol. The van der Waals surface area contributed by atoms with Crippen LogP contribution in [-0.4, -0.2) is 29.1 Å². The van der Waals surface area contributed by atoms with E-state index in [1.807, 2.05) is 0 Å². The van der Waals surface area contributed by atoms with Gasteiger partial charge in [0.15, 0.2) is 6.10 Å². The van der Waals surface area contributed by atoms with Gasteiger partial charge in [0.05, 0.1) is 18.5 Å². The summed E-state index contributed by atoms with van der Waals surface area (Å²) < 4.78 is 5.35. The van der Waals surface area contributed by atoms with E-state index in [1.165, 1.54) is 0 Å². The second kappa shape index (κ2) is 6.23. The molecule has 0 saturated carbocycles. The maximum Gasteiger partial charge on any atom is 0.324 e. The summed E-state index contributed by atoms with van der Waals surface area (Å²) in [5, 5.41) is 11.3. The average Bonchev–Trinajstić information content (AvgIpc) is 2.45. The maximum absolute atomic E-state index is 11.7. The summed E-state index contributed by atoms with van der Waals surface area (Å²) in [6.45, 7) is 0. The molecule has 4 N–H and O–H groups in total. The number of anilines is 1. The maximum atomic E-state index is 11.7. The van der Waals surface area contributed by atoms with Crippen LogP contribution >= 0.6 is 0 Å². The molecule has 0 aromatic heterocycles. The molecule has 0 spiro atoms. The predicted octanol–water partition coefficient (Wildman–Crippen LogP) is 0.210. The molecule has 0 bridgehead atoms. The Labute approximate surface area is 119 Å². The van der Waals surface area contributed by atoms with Gasteiger partial charge in [-0.2, -0.15) is 5.90 Å². The summed E-state index contributed by atoms with van der Waals surface area (Å²) in [6, 6.07) is 5.00. The number of hydrogen-bond acceptors (Lipinski definition) is 6. The van der Waals surface area contributed by atoms with Gasteiger partial charge in [0.25, 0.3) is 5.91 Å². The lowest BCUT2D eigenvalue weighted by atomic mass is 10.1. The number of carboxylic acid groups (broad SMARTS) is 1. The molecule has 21 heavy (non-hydrogen) atoms. The first-order chi connectivity index (χ1) is 9.99. The Kier molecular flexibility index (Phi) is 4.39. The van der Waals surface area contributed by atoms with Crippen LogP contribution in [0.15, 0.2) is 18.2 Å². The number of amides is 1. The van der Waals surface area contributed by atoms with Gasteiger partial charge in [-0.1, -0.05) is 6.07 Å². The number of nitrogens with one attached hydrogen (secondary N) is 1. The largest absolute Gasteiger partial charge is 0.481 e. The molecule has 1 amide bonds. The lowest BCUT2D eigenvalue weighted by molar-refractivity contribution is -0.144. The third-order valence-corrected chi connectivity index (χ3v) is 2.97. The van der Waals surface area contributed by atoms with Crippen molar-refractivity contribution in [3.63, 3.8) is 0 Å². The molecule has 1 atom stereocenters. The summed E-state index contributed by atoms with van der Waals surface area (Å²) in [5.74, 6) is 2.98. The first kappa shape index (κ1) is 14.8. The molecule has 1 aliphatic heterocycles. The molecule has 1 heterocycles. The van der Waals surface area contributed by atoms with Gasteiger partial charge in [-0.05, 0) is 24.1 Å². The smallest absolute Gasteiger partial charge is 0.324 e. The van der Waals surface area contributed by atoms with Crippen molar-refractivity contribution in [3.8, 4) is 5.75 Å². The predicted molar refractivity (Wildman–Crippen MR) is 70.3 cm³/mol. The Bertz CT molecular complexity index is 586. The molecule has 1 aromatic rings. The Morgan fingerprint density at radius 2 is 2.19 bits per heavy atom. The number of hydrogen-bond donors (Lipinski definition) is 3. The van der Waals surface area contributed by atoms with E-state index >= 15 is 0 Å². The summed E-state index contributed by atoms with van der Waals surface area (Å²) in [5.41, 5.74) is 1.24. The zero-order valence-corrected chi connectivity index (χ0v) is 11.0. The minimum Gasteiger partial charge on any atom is -0.481 e. The number of carbonyl (C=O) groups excluding carboxylic acids is 2. The fraction of sp³-hybridized carbons (Fsp3) is 0.308. The van der Waals surface area contributed by atoms with Crippen LogP contribution in [0, 0.1) is 0 Å². The number of ether oxygens (including phenoxy) is 1. The highest BCUT2D eigenvalue weighted by molar-refractivity contribution is 5.99. The second-order valence-electron chi connectivity index (χ2n) is 4.51. The number of benzene rings is 1. The zero-order chi connectivity index (χ0) is 15.4. The van der Waals surface area contributed by atoms with E-state index in [0.29, 0.717) is 17.9 Å². The van der Waals surface area contributed by atoms with Crippen LogP contribution in [-0.2, 0) is 25.6 Å². The van der Waals surface area contributed by atoms with E-state index in [-0.39, 0.29) is 6.42 Å². The monoisotopic (exact) mass is 294 g/mol. The highest BCUT2D eigenvalue weighted by Crippen LogP contribution is 2.31. The number of carboxylic acids is 1. The van der Waals surface area contributed by atoms with Gasteiger partial charge in [-0.3, -0.25) is 14.4 Å². The van der Waals surface area contributed by atoms with Crippen LogP contribution < -0.4 is 16.0 Å². The Hall–Kier alpha value is -2.61. The fourth-order valence-corrected chi connectivity index (χ4v) is 1.95. The fourth-order valence-electron chi connectivity index (χ4n) is 1.95. The van der Waals surface area contributed by atoms with Crippen LogP contribution in [0.1, 0.15) is 18.4 Å². The lowest BCUT2D eigenvalue weighted by Crippen LogP contribution is -2.38. The third-order valence-electron chi connectivity index (χ3n) is 2.97. The molecule has 0 fully saturated rings. The number of aryl methyl sites for hydroxylation is 1. The van der Waals surface area contributed by atoms with Crippen molar-refractivity contribution in [2.75, 3.05) is 5.32 Å². The standard InChI is InChI=1S/C13H14N2O6/c14-21-12(18)4-2-7-1-3-9-8(5-7)15-13(19)10(20-9)6-11(16)17/h1,3,5,10H,2,4,6,14H2,(H,15,19)(H,16,17)/t10-/m0/s1. The van der Waals surface area contributed by atoms with Gasteiger partial charge in [0.2, 0.25) is 0 Å². The number of aliphatic carboxylic acids is 1. The molecule has 0 radical (unpaired) electrons. The van der Waals surface area contributed by atoms with Gasteiger partial charge < -0.3 is 20.0 Å². The van der Waals surface area contributed by atoms with Gasteiger partial charge in [-0.15, -0.1) is 0 Å². The number of rotatable bonds is 5. The molecule has 1 aliphatic rings. The highest BCUT2D eigenvalue weighted by atomic mass is 16.7. The minimum atomic E-state index is -1.12. The van der Waals surface area contributed by atoms with Crippen molar-refractivity contribution in [1.29, 1.82) is 0 Å². The molecule has 8 nitrogen and oxygen atoms in total. The number of fused-ring (bicyclic) bond motifs is 1. The van der Waals surface area contributed by atoms with Gasteiger partial charge in [-0.25, -0.2) is 0 Å². The van der Waals surface area contributed by atoms with E-state index in [4.69, 9.17) is 15.7 Å². The first-order valence-electron chi connectivity index (χ1n) is 6.21. The first-order valence-corrected chi connectivity index (χ1v) is 6.21. The van der Waals surface area contributed by atoms with Gasteiger partial charge in [0, 0.05) is 0 Å². The van der Waals surface area contributed by atoms with Crippen LogP contribution in [0.5, 0.6) is 5.75 Å². The molecule has 1 aromatic carbocycles. The Morgan fingerprint density at radius 3 is 2.86 bits per heavy atom. The van der Waals surface area contributed by atoms with Crippen molar-refractivity contribution in [3.05, 3.63) is 23.8 Å². The SMILES string of the molecule is NOC(=O)CCc1ccc2c(c1)NC(=O)[C@H](CC(=O)O)O2. The quantitative estimate of drug-likeness (QED) is 0.662. The topological polar surface area (TPSA) is 128 Å². The van der Waals surface area contributed by atoms with Gasteiger partial charge >= 0.3 is 11.9 Å². The van der Waals surface area contributed by atoms with Crippen molar-refractivity contribution in [2.24, 2.45) is 5.90 Å². The van der Waals surface area contributed by atoms with Gasteiger partial charge in [0.1, 0.15) is 5.75 Å². The van der Waals surface area contributed by atoms with Crippen molar-refractivity contribution in [2.45, 2.75) is 25.4 Å². The van der Waals surface area contributed by atoms with E-state index in [2.05, 4.69) is 10.2 Å². The molecule has 0 saturated heterocycles. The normalized spacial score (nSPS) is 16.4. The van der Waals surface area contributed by atoms with Crippen LogP contribution in [0.2, 0.25) is 0 Å². The number of carbonyl (C=O) groups is 3. The summed E-state index contributed by atoms with van der Waals surface area (Å²) in [6.07, 6.45) is -0.938. The summed E-state index contributed by atoms with van der Waals surface area (Å²) in [4.78, 5) is 37.4. The van der Waals surface area contributed by atoms with E-state index in [1.54, 1.807) is 18.2 Å². The van der Waals surface area contributed by atoms with E-state index < -0.39 is 30.4 Å². The molecule has 0 aliphatic carbocycles. The van der Waals surface area contributed by atoms with Crippen LogP contribution in [0.25, 0.3) is 0 Å². The Balaban J connectivity index is 2.08. The van der Waals surface area contributed by atoms with Crippen molar-refractivity contribution >= 4 is 23.5 Å². The van der Waals surface area contributed by atoms with Crippen LogP contribution in [0.4, 0.5) is 5.69 Å². The Morgan fingerprint density at radius 1 is 1.43 bits per heavy atom. The molecular formula is C13H14N2O6. The molecule has 2 rings (SSSR count). The van der Waals surface area contributed by atoms with E-state index in [9.17, 15) is 14.4 Å². The molecule has 0 unspecified atom stereocenters. The van der Waals surface area contributed by atoms with Crippen LogP contribution in [0.3, 0.4) is 0 Å². The molecule has 8 heteroatoms. The minimum absolute atomic E-state index is 0.117. The lowest BCUT2D eigenvalue weighted by Gasteiger charge is -2.25. The second-order valence-corrected chi connectivity index (χ2v) is 4.51. The molecular weight excluding hydrogens is 280 g/mol. The van der Waals surface area contributed by atoms with Crippen molar-refractivity contribution in [1.82, 2.24) is 0 Å². The molecule has 112 valence electrons. The zero-order valence-electron chi connectivity index (χ0n) is 11.0. The number of nitrogens with two attached hydrogens (primary N) is 1.